The van der Waals surface area contributed by atoms with Crippen molar-refractivity contribution >= 4 is 22.8 Å². The van der Waals surface area contributed by atoms with Gasteiger partial charge in [0.1, 0.15) is 18.5 Å². The number of para-hydroxylation sites is 2. The summed E-state index contributed by atoms with van der Waals surface area (Å²) in [6, 6.07) is 7.15. The zero-order valence-corrected chi connectivity index (χ0v) is 13.0. The molecule has 2 atom stereocenters. The smallest absolute Gasteiger partial charge is 0.249 e. The second kappa shape index (κ2) is 6.37. The minimum Gasteiger partial charge on any atom is -0.368 e. The Labute approximate surface area is 133 Å². The summed E-state index contributed by atoms with van der Waals surface area (Å²) in [5, 5.41) is 2.91. The lowest BCUT2D eigenvalue weighted by atomic mass is 10.2. The molecule has 3 rings (SSSR count). The van der Waals surface area contributed by atoms with E-state index in [1.54, 1.807) is 4.57 Å². The number of amides is 2. The fraction of sp³-hybridized carbons (Fsp3) is 0.438. The normalized spacial score (nSPS) is 18.9. The molecule has 0 saturated carbocycles. The first-order chi connectivity index (χ1) is 11.1. The fourth-order valence-corrected chi connectivity index (χ4v) is 2.90. The van der Waals surface area contributed by atoms with Crippen LogP contribution < -0.4 is 11.1 Å². The Morgan fingerprint density at radius 2 is 2.26 bits per heavy atom. The van der Waals surface area contributed by atoms with E-state index >= 15 is 0 Å². The highest BCUT2D eigenvalue weighted by molar-refractivity contribution is 5.82. The van der Waals surface area contributed by atoms with Crippen molar-refractivity contribution in [1.29, 1.82) is 0 Å². The molecule has 1 aliphatic rings. The molecule has 2 aromatic rings. The quantitative estimate of drug-likeness (QED) is 0.855. The molecule has 3 N–H and O–H groups in total. The number of rotatable bonds is 5. The van der Waals surface area contributed by atoms with Crippen molar-refractivity contribution in [3.05, 3.63) is 30.1 Å². The molecule has 7 nitrogen and oxygen atoms in total. The number of primary amides is 1. The largest absolute Gasteiger partial charge is 0.368 e. The van der Waals surface area contributed by atoms with Crippen molar-refractivity contribution in [3.63, 3.8) is 0 Å². The molecule has 0 radical (unpaired) electrons. The van der Waals surface area contributed by atoms with Crippen LogP contribution in [-0.4, -0.2) is 34.1 Å². The Morgan fingerprint density at radius 3 is 2.96 bits per heavy atom. The number of carbonyl (C=O) groups excluding carboxylic acids is 2. The monoisotopic (exact) mass is 316 g/mol. The molecule has 122 valence electrons. The van der Waals surface area contributed by atoms with Crippen molar-refractivity contribution in [2.75, 3.05) is 6.61 Å². The van der Waals surface area contributed by atoms with Gasteiger partial charge in [0.05, 0.1) is 17.1 Å². The second-order valence-corrected chi connectivity index (χ2v) is 5.74. The zero-order chi connectivity index (χ0) is 16.4. The summed E-state index contributed by atoms with van der Waals surface area (Å²) in [7, 11) is 0. The summed E-state index contributed by atoms with van der Waals surface area (Å²) in [6.45, 7) is 2.48. The van der Waals surface area contributed by atoms with E-state index in [0.29, 0.717) is 12.4 Å². The molecular weight excluding hydrogens is 296 g/mol. The van der Waals surface area contributed by atoms with Gasteiger partial charge in [0.25, 0.3) is 0 Å². The Balaban J connectivity index is 1.88. The van der Waals surface area contributed by atoms with Crippen molar-refractivity contribution in [2.45, 2.75) is 38.5 Å². The van der Waals surface area contributed by atoms with E-state index in [1.807, 2.05) is 31.2 Å². The first-order valence-electron chi connectivity index (χ1n) is 7.71. The van der Waals surface area contributed by atoms with Crippen molar-refractivity contribution in [1.82, 2.24) is 14.9 Å². The fourth-order valence-electron chi connectivity index (χ4n) is 2.90. The lowest BCUT2D eigenvalue weighted by Crippen LogP contribution is -2.37. The van der Waals surface area contributed by atoms with Crippen LogP contribution in [0.25, 0.3) is 11.0 Å². The predicted octanol–water partition coefficient (Wildman–Crippen LogP) is 0.878. The molecule has 1 saturated heterocycles. The van der Waals surface area contributed by atoms with Crippen LogP contribution in [0.2, 0.25) is 0 Å². The van der Waals surface area contributed by atoms with Gasteiger partial charge in [0, 0.05) is 6.61 Å². The van der Waals surface area contributed by atoms with E-state index in [-0.39, 0.29) is 18.5 Å². The van der Waals surface area contributed by atoms with Gasteiger partial charge in [0.2, 0.25) is 11.8 Å². The van der Waals surface area contributed by atoms with Gasteiger partial charge in [0.15, 0.2) is 0 Å². The molecule has 0 aliphatic carbocycles. The highest BCUT2D eigenvalue weighted by atomic mass is 16.5. The van der Waals surface area contributed by atoms with E-state index in [4.69, 9.17) is 10.5 Å². The number of imidazole rings is 1. The van der Waals surface area contributed by atoms with Crippen LogP contribution in [0, 0.1) is 0 Å². The van der Waals surface area contributed by atoms with Crippen molar-refractivity contribution in [3.8, 4) is 0 Å². The third kappa shape index (κ3) is 3.19. The van der Waals surface area contributed by atoms with Crippen LogP contribution >= 0.6 is 0 Å². The molecule has 1 aliphatic heterocycles. The summed E-state index contributed by atoms with van der Waals surface area (Å²) in [6.07, 6.45) is 1.23. The lowest BCUT2D eigenvalue weighted by molar-refractivity contribution is -0.130. The summed E-state index contributed by atoms with van der Waals surface area (Å²) >= 11 is 0. The maximum Gasteiger partial charge on any atom is 0.249 e. The average molecular weight is 316 g/mol. The number of carbonyl (C=O) groups is 2. The standard InChI is InChI=1S/C16H20N4O3/c1-10(18-16(22)13-7-4-8-23-13)15-19-11-5-2-3-6-12(11)20(15)9-14(17)21/h2-3,5-6,10,13H,4,7-9H2,1H3,(H2,17,21)(H,18,22). The second-order valence-electron chi connectivity index (χ2n) is 5.74. The van der Waals surface area contributed by atoms with Gasteiger partial charge in [-0.1, -0.05) is 12.1 Å². The van der Waals surface area contributed by atoms with Crippen LogP contribution in [0.5, 0.6) is 0 Å². The van der Waals surface area contributed by atoms with Crippen molar-refractivity contribution in [2.24, 2.45) is 5.73 Å². The van der Waals surface area contributed by atoms with Crippen molar-refractivity contribution < 1.29 is 14.3 Å². The van der Waals surface area contributed by atoms with Gasteiger partial charge in [-0.15, -0.1) is 0 Å². The number of nitrogens with zero attached hydrogens (tertiary/aromatic N) is 2. The summed E-state index contributed by atoms with van der Waals surface area (Å²) < 4.78 is 7.14. The number of fused-ring (bicyclic) bond motifs is 1. The van der Waals surface area contributed by atoms with Gasteiger partial charge in [-0.25, -0.2) is 4.98 Å². The minimum atomic E-state index is -0.452. The maximum atomic E-state index is 12.2. The molecule has 0 spiro atoms. The number of hydrogen-bond acceptors (Lipinski definition) is 4. The SMILES string of the molecule is CC(NC(=O)C1CCCO1)c1nc2ccccc2n1CC(N)=O. The van der Waals surface area contributed by atoms with E-state index in [0.717, 1.165) is 23.9 Å². The Hall–Kier alpha value is -2.41. The number of nitrogens with one attached hydrogen (secondary N) is 1. The number of benzene rings is 1. The zero-order valence-electron chi connectivity index (χ0n) is 13.0. The lowest BCUT2D eigenvalue weighted by Gasteiger charge is -2.17. The number of aromatic nitrogens is 2. The van der Waals surface area contributed by atoms with E-state index < -0.39 is 12.0 Å². The average Bonchev–Trinajstić information content (AvgIpc) is 3.15. The Kier molecular flexibility index (Phi) is 4.29. The van der Waals surface area contributed by atoms with E-state index in [9.17, 15) is 9.59 Å². The molecule has 2 amide bonds. The molecule has 0 bridgehead atoms. The molecule has 1 aromatic heterocycles. The third-order valence-electron chi connectivity index (χ3n) is 3.97. The molecule has 23 heavy (non-hydrogen) atoms. The molecule has 1 fully saturated rings. The summed E-state index contributed by atoms with van der Waals surface area (Å²) in [4.78, 5) is 28.1. The maximum absolute atomic E-state index is 12.2. The molecule has 7 heteroatoms. The van der Waals surface area contributed by atoms with Gasteiger partial charge in [-0.2, -0.15) is 0 Å². The highest BCUT2D eigenvalue weighted by Crippen LogP contribution is 2.21. The molecule has 1 aromatic carbocycles. The van der Waals surface area contributed by atoms with Crippen LogP contribution in [0.1, 0.15) is 31.6 Å². The Morgan fingerprint density at radius 1 is 1.48 bits per heavy atom. The van der Waals surface area contributed by atoms with Crippen LogP contribution in [-0.2, 0) is 20.9 Å². The molecular formula is C16H20N4O3. The first-order valence-corrected chi connectivity index (χ1v) is 7.71. The van der Waals surface area contributed by atoms with E-state index in [1.165, 1.54) is 0 Å². The summed E-state index contributed by atoms with van der Waals surface area (Å²) in [5.41, 5.74) is 6.93. The number of hydrogen-bond donors (Lipinski definition) is 2. The van der Waals surface area contributed by atoms with Crippen LogP contribution in [0.3, 0.4) is 0 Å². The number of nitrogens with two attached hydrogens (primary N) is 1. The summed E-state index contributed by atoms with van der Waals surface area (Å²) in [5.74, 6) is 0.0103. The minimum absolute atomic E-state index is 0.0238. The van der Waals surface area contributed by atoms with Gasteiger partial charge >= 0.3 is 0 Å². The topological polar surface area (TPSA) is 99.2 Å². The van der Waals surface area contributed by atoms with Crippen LogP contribution in [0.15, 0.2) is 24.3 Å². The molecule has 2 heterocycles. The highest BCUT2D eigenvalue weighted by Gasteiger charge is 2.26. The van der Waals surface area contributed by atoms with Crippen LogP contribution in [0.4, 0.5) is 0 Å². The first kappa shape index (κ1) is 15.5. The predicted molar refractivity (Wildman–Crippen MR) is 84.5 cm³/mol. The van der Waals surface area contributed by atoms with Gasteiger partial charge in [-0.05, 0) is 31.9 Å². The number of ether oxygens (including phenoxy) is 1. The Bertz CT molecular complexity index is 734. The van der Waals surface area contributed by atoms with Gasteiger partial charge < -0.3 is 20.4 Å². The van der Waals surface area contributed by atoms with E-state index in [2.05, 4.69) is 10.3 Å². The van der Waals surface area contributed by atoms with Gasteiger partial charge in [-0.3, -0.25) is 9.59 Å². The molecule has 2 unspecified atom stereocenters. The third-order valence-corrected chi connectivity index (χ3v) is 3.97.